The second-order valence-corrected chi connectivity index (χ2v) is 7.19. The fourth-order valence-corrected chi connectivity index (χ4v) is 4.23. The molecule has 0 N–H and O–H groups in total. The molecule has 0 fully saturated rings. The van der Waals surface area contributed by atoms with Gasteiger partial charge in [-0.3, -0.25) is 9.88 Å². The van der Waals surface area contributed by atoms with Crippen molar-refractivity contribution in [2.24, 2.45) is 0 Å². The van der Waals surface area contributed by atoms with Gasteiger partial charge in [-0.1, -0.05) is 13.0 Å². The van der Waals surface area contributed by atoms with E-state index in [0.717, 1.165) is 38.2 Å². The van der Waals surface area contributed by atoms with Gasteiger partial charge in [-0.25, -0.2) is 0 Å². The molecule has 0 spiro atoms. The minimum atomic E-state index is 0.579. The summed E-state index contributed by atoms with van der Waals surface area (Å²) in [5.41, 5.74) is 5.58. The van der Waals surface area contributed by atoms with Crippen LogP contribution in [0.5, 0.6) is 5.75 Å². The molecule has 1 aromatic carbocycles. The number of likely N-dealkylation sites (N-methyl/N-ethyl adjacent to an activating group) is 1. The van der Waals surface area contributed by atoms with E-state index in [1.165, 1.54) is 27.7 Å². The number of fused-ring (bicyclic) bond motifs is 3. The van der Waals surface area contributed by atoms with E-state index in [0.29, 0.717) is 6.04 Å². The van der Waals surface area contributed by atoms with Gasteiger partial charge in [-0.05, 0) is 55.3 Å². The highest BCUT2D eigenvalue weighted by atomic mass is 16.5. The average molecular weight is 349 g/mol. The Morgan fingerprint density at radius 2 is 2.15 bits per heavy atom. The summed E-state index contributed by atoms with van der Waals surface area (Å²) in [6, 6.07) is 11.3. The topological polar surface area (TPSA) is 30.3 Å². The second kappa shape index (κ2) is 7.12. The van der Waals surface area contributed by atoms with E-state index in [4.69, 9.17) is 4.74 Å². The molecule has 4 rings (SSSR count). The van der Waals surface area contributed by atoms with Gasteiger partial charge in [0.15, 0.2) is 0 Å². The Morgan fingerprint density at radius 3 is 2.88 bits per heavy atom. The van der Waals surface area contributed by atoms with E-state index < -0.39 is 0 Å². The molecule has 0 aliphatic carbocycles. The van der Waals surface area contributed by atoms with Crippen LogP contribution in [-0.4, -0.2) is 34.1 Å². The molecule has 0 radical (unpaired) electrons. The van der Waals surface area contributed by atoms with Crippen molar-refractivity contribution in [3.05, 3.63) is 59.5 Å². The van der Waals surface area contributed by atoms with Gasteiger partial charge in [-0.2, -0.15) is 0 Å². The number of pyridine rings is 1. The Bertz CT molecular complexity index is 901. The van der Waals surface area contributed by atoms with E-state index in [9.17, 15) is 0 Å². The largest absolute Gasteiger partial charge is 0.497 e. The molecule has 1 aliphatic heterocycles. The summed E-state index contributed by atoms with van der Waals surface area (Å²) in [7, 11) is 1.74. The Morgan fingerprint density at radius 1 is 1.27 bits per heavy atom. The first-order valence-electron chi connectivity index (χ1n) is 9.52. The molecule has 3 heterocycles. The highest BCUT2D eigenvalue weighted by Gasteiger charge is 2.27. The van der Waals surface area contributed by atoms with Crippen molar-refractivity contribution in [3.8, 4) is 5.75 Å². The zero-order chi connectivity index (χ0) is 18.1. The molecule has 4 nitrogen and oxygen atoms in total. The van der Waals surface area contributed by atoms with Gasteiger partial charge in [0, 0.05) is 54.5 Å². The Labute approximate surface area is 155 Å². The molecule has 1 unspecified atom stereocenters. The predicted octanol–water partition coefficient (Wildman–Crippen LogP) is 4.05. The molecule has 26 heavy (non-hydrogen) atoms. The lowest BCUT2D eigenvalue weighted by Gasteiger charge is -2.33. The molecular formula is C22H27N3O. The van der Waals surface area contributed by atoms with Gasteiger partial charge in [0.2, 0.25) is 0 Å². The number of methoxy groups -OCH3 is 1. The predicted molar refractivity (Wildman–Crippen MR) is 106 cm³/mol. The van der Waals surface area contributed by atoms with E-state index in [2.05, 4.69) is 52.6 Å². The normalized spacial score (nSPS) is 17.4. The average Bonchev–Trinajstić information content (AvgIpc) is 2.98. The molecule has 0 saturated heterocycles. The summed E-state index contributed by atoms with van der Waals surface area (Å²) in [5.74, 6) is 0.936. The Kier molecular flexibility index (Phi) is 4.68. The first-order chi connectivity index (χ1) is 12.7. The summed E-state index contributed by atoms with van der Waals surface area (Å²) in [6.45, 7) is 7.70. The van der Waals surface area contributed by atoms with Gasteiger partial charge in [0.25, 0.3) is 0 Å². The number of benzene rings is 1. The number of hydrogen-bond donors (Lipinski definition) is 0. The number of nitrogens with zero attached hydrogens (tertiary/aromatic N) is 3. The lowest BCUT2D eigenvalue weighted by Crippen LogP contribution is -2.38. The van der Waals surface area contributed by atoms with Crippen LogP contribution in [0.25, 0.3) is 10.9 Å². The third-order valence-electron chi connectivity index (χ3n) is 5.72. The number of aryl methyl sites for hydroxylation is 2. The van der Waals surface area contributed by atoms with Crippen molar-refractivity contribution in [1.82, 2.24) is 14.5 Å². The van der Waals surface area contributed by atoms with E-state index >= 15 is 0 Å². The monoisotopic (exact) mass is 349 g/mol. The van der Waals surface area contributed by atoms with Crippen molar-refractivity contribution in [1.29, 1.82) is 0 Å². The van der Waals surface area contributed by atoms with Crippen LogP contribution < -0.4 is 4.74 Å². The molecular weight excluding hydrogens is 322 g/mol. The second-order valence-electron chi connectivity index (χ2n) is 7.19. The Hall–Kier alpha value is -2.33. The zero-order valence-electron chi connectivity index (χ0n) is 15.9. The molecule has 1 atom stereocenters. The molecule has 3 aromatic rings. The molecule has 2 aromatic heterocycles. The SMILES string of the molecule is CCN1Cc2c(n(CCc3cccnc3)c3ccc(OC)cc23)CC1C. The minimum absolute atomic E-state index is 0.579. The van der Waals surface area contributed by atoms with Crippen molar-refractivity contribution in [2.45, 2.75) is 45.8 Å². The van der Waals surface area contributed by atoms with Crippen LogP contribution in [-0.2, 0) is 25.9 Å². The molecule has 1 aliphatic rings. The summed E-state index contributed by atoms with van der Waals surface area (Å²) in [6.07, 6.45) is 5.92. The summed E-state index contributed by atoms with van der Waals surface area (Å²) >= 11 is 0. The van der Waals surface area contributed by atoms with Crippen LogP contribution in [0.15, 0.2) is 42.7 Å². The highest BCUT2D eigenvalue weighted by Crippen LogP contribution is 2.35. The first kappa shape index (κ1) is 17.1. The molecule has 0 saturated carbocycles. The van der Waals surface area contributed by atoms with E-state index in [1.54, 1.807) is 7.11 Å². The van der Waals surface area contributed by atoms with Gasteiger partial charge in [-0.15, -0.1) is 0 Å². The zero-order valence-corrected chi connectivity index (χ0v) is 15.9. The van der Waals surface area contributed by atoms with Crippen LogP contribution in [0.4, 0.5) is 0 Å². The van der Waals surface area contributed by atoms with Gasteiger partial charge < -0.3 is 9.30 Å². The maximum atomic E-state index is 5.50. The highest BCUT2D eigenvalue weighted by molar-refractivity contribution is 5.87. The van der Waals surface area contributed by atoms with Crippen LogP contribution in [0.3, 0.4) is 0 Å². The summed E-state index contributed by atoms with van der Waals surface area (Å²) in [5, 5.41) is 1.34. The minimum Gasteiger partial charge on any atom is -0.497 e. The van der Waals surface area contributed by atoms with Crippen molar-refractivity contribution in [2.75, 3.05) is 13.7 Å². The van der Waals surface area contributed by atoms with Gasteiger partial charge in [0.1, 0.15) is 5.75 Å². The fourth-order valence-electron chi connectivity index (χ4n) is 4.23. The maximum absolute atomic E-state index is 5.50. The Balaban J connectivity index is 1.77. The van der Waals surface area contributed by atoms with Crippen LogP contribution in [0.2, 0.25) is 0 Å². The van der Waals surface area contributed by atoms with Crippen molar-refractivity contribution in [3.63, 3.8) is 0 Å². The first-order valence-corrected chi connectivity index (χ1v) is 9.52. The third kappa shape index (κ3) is 2.99. The molecule has 0 amide bonds. The third-order valence-corrected chi connectivity index (χ3v) is 5.72. The molecule has 136 valence electrons. The van der Waals surface area contributed by atoms with Crippen molar-refractivity contribution < 1.29 is 4.74 Å². The number of hydrogen-bond acceptors (Lipinski definition) is 3. The van der Waals surface area contributed by atoms with Crippen LogP contribution in [0, 0.1) is 0 Å². The molecule has 4 heteroatoms. The van der Waals surface area contributed by atoms with Gasteiger partial charge >= 0.3 is 0 Å². The molecule has 0 bridgehead atoms. The summed E-state index contributed by atoms with van der Waals surface area (Å²) < 4.78 is 8.02. The van der Waals surface area contributed by atoms with Crippen LogP contribution in [0.1, 0.15) is 30.7 Å². The standard InChI is InChI=1S/C22H27N3O/c1-4-24-15-20-19-13-18(26-3)7-8-21(19)25(22(20)12-16(24)2)11-9-17-6-5-10-23-14-17/h5-8,10,13-14,16H,4,9,11-12,15H2,1-3H3. The summed E-state index contributed by atoms with van der Waals surface area (Å²) in [4.78, 5) is 6.82. The number of rotatable bonds is 5. The smallest absolute Gasteiger partial charge is 0.119 e. The number of ether oxygens (including phenoxy) is 1. The maximum Gasteiger partial charge on any atom is 0.119 e. The van der Waals surface area contributed by atoms with Crippen molar-refractivity contribution >= 4 is 10.9 Å². The lowest BCUT2D eigenvalue weighted by molar-refractivity contribution is 0.192. The van der Waals surface area contributed by atoms with E-state index in [-0.39, 0.29) is 0 Å². The quantitative estimate of drug-likeness (QED) is 0.696. The van der Waals surface area contributed by atoms with E-state index in [1.807, 2.05) is 18.5 Å². The van der Waals surface area contributed by atoms with Gasteiger partial charge in [0.05, 0.1) is 7.11 Å². The fraction of sp³-hybridized carbons (Fsp3) is 0.409. The number of aromatic nitrogens is 2. The lowest BCUT2D eigenvalue weighted by atomic mass is 9.99. The van der Waals surface area contributed by atoms with Crippen LogP contribution >= 0.6 is 0 Å².